The lowest BCUT2D eigenvalue weighted by atomic mass is 10.00. The smallest absolute Gasteiger partial charge is 0.333 e. The lowest BCUT2D eigenvalue weighted by Crippen LogP contribution is -2.32. The average Bonchev–Trinajstić information content (AvgIpc) is 3.22. The zero-order valence-corrected chi connectivity index (χ0v) is 34.9. The van der Waals surface area contributed by atoms with Crippen LogP contribution in [0.15, 0.2) is 121 Å². The third-order valence-corrected chi connectivity index (χ3v) is 11.3. The van der Waals surface area contributed by atoms with Crippen molar-refractivity contribution in [2.75, 3.05) is 46.8 Å². The number of rotatable bonds is 18. The van der Waals surface area contributed by atoms with Gasteiger partial charge in [-0.2, -0.15) is 0 Å². The van der Waals surface area contributed by atoms with Gasteiger partial charge in [-0.1, -0.05) is 98.9 Å². The van der Waals surface area contributed by atoms with Crippen molar-refractivity contribution in [3.8, 4) is 33.8 Å². The highest BCUT2D eigenvalue weighted by molar-refractivity contribution is 7.67. The van der Waals surface area contributed by atoms with Crippen molar-refractivity contribution in [1.82, 2.24) is 0 Å². The van der Waals surface area contributed by atoms with Gasteiger partial charge >= 0.3 is 11.9 Å². The maximum absolute atomic E-state index is 14.2. The van der Waals surface area contributed by atoms with Crippen LogP contribution in [0.5, 0.6) is 11.5 Å². The summed E-state index contributed by atoms with van der Waals surface area (Å²) in [7, 11) is -0.721. The SMILES string of the molecule is C=C(C)C(=O)OC(CC)COCCCCOCC(CP1(=O)Oc2ccccc2-c2ccccc21)OC(=O)C(=C)C.CO.COc1ccccc1-c1ccccc1C. The molecule has 57 heavy (non-hydrogen) atoms. The number of hydrogen-bond donors (Lipinski definition) is 1. The zero-order chi connectivity index (χ0) is 41.8. The van der Waals surface area contributed by atoms with Crippen LogP contribution in [0.2, 0.25) is 0 Å². The molecule has 306 valence electrons. The number of aliphatic hydroxyl groups excluding tert-OH is 1. The van der Waals surface area contributed by atoms with E-state index >= 15 is 0 Å². The Morgan fingerprint density at radius 3 is 1.77 bits per heavy atom. The van der Waals surface area contributed by atoms with Crippen molar-refractivity contribution in [1.29, 1.82) is 0 Å². The first-order chi connectivity index (χ1) is 27.5. The highest BCUT2D eigenvalue weighted by Gasteiger charge is 2.39. The molecule has 0 saturated heterocycles. The van der Waals surface area contributed by atoms with E-state index in [-0.39, 0.29) is 24.4 Å². The summed E-state index contributed by atoms with van der Waals surface area (Å²) in [6.07, 6.45) is 0.947. The van der Waals surface area contributed by atoms with Gasteiger partial charge in [-0.05, 0) is 74.9 Å². The largest absolute Gasteiger partial charge is 0.496 e. The van der Waals surface area contributed by atoms with Gasteiger partial charge in [-0.25, -0.2) is 9.59 Å². The first-order valence-electron chi connectivity index (χ1n) is 19.0. The number of carbonyl (C=O) groups is 2. The summed E-state index contributed by atoms with van der Waals surface area (Å²) in [5.74, 6) is 0.471. The van der Waals surface area contributed by atoms with E-state index in [0.717, 1.165) is 36.0 Å². The van der Waals surface area contributed by atoms with Crippen molar-refractivity contribution in [3.63, 3.8) is 0 Å². The van der Waals surface area contributed by atoms with E-state index in [1.165, 1.54) is 11.1 Å². The van der Waals surface area contributed by atoms with E-state index < -0.39 is 25.4 Å². The number of esters is 2. The van der Waals surface area contributed by atoms with E-state index in [4.69, 9.17) is 33.3 Å². The maximum atomic E-state index is 14.2. The maximum Gasteiger partial charge on any atom is 0.333 e. The number of aliphatic hydroxyl groups is 1. The molecule has 1 aliphatic rings. The molecular formula is C46H57O10P. The van der Waals surface area contributed by atoms with Gasteiger partial charge in [0.15, 0.2) is 0 Å². The minimum absolute atomic E-state index is 0.0260. The molecule has 0 spiro atoms. The summed E-state index contributed by atoms with van der Waals surface area (Å²) in [6.45, 7) is 15.7. The van der Waals surface area contributed by atoms with Crippen LogP contribution in [0.1, 0.15) is 45.6 Å². The predicted octanol–water partition coefficient (Wildman–Crippen LogP) is 9.13. The normalized spacial score (nSPS) is 14.6. The molecule has 3 unspecified atom stereocenters. The third-order valence-electron chi connectivity index (χ3n) is 8.81. The summed E-state index contributed by atoms with van der Waals surface area (Å²) in [6, 6.07) is 31.3. The molecule has 0 bridgehead atoms. The molecule has 10 nitrogen and oxygen atoms in total. The molecular weight excluding hydrogens is 743 g/mol. The average molecular weight is 801 g/mol. The van der Waals surface area contributed by atoms with Gasteiger partial charge in [0.25, 0.3) is 7.37 Å². The second-order valence-electron chi connectivity index (χ2n) is 13.4. The first-order valence-corrected chi connectivity index (χ1v) is 20.8. The molecule has 0 radical (unpaired) electrons. The minimum atomic E-state index is -3.43. The van der Waals surface area contributed by atoms with Crippen LogP contribution in [-0.2, 0) is 33.1 Å². The van der Waals surface area contributed by atoms with Gasteiger partial charge in [-0.15, -0.1) is 0 Å². The summed E-state index contributed by atoms with van der Waals surface area (Å²) in [4.78, 5) is 24.1. The van der Waals surface area contributed by atoms with E-state index in [1.54, 1.807) is 33.1 Å². The van der Waals surface area contributed by atoms with Crippen LogP contribution in [0.25, 0.3) is 22.3 Å². The fourth-order valence-corrected chi connectivity index (χ4v) is 8.26. The third kappa shape index (κ3) is 13.9. The van der Waals surface area contributed by atoms with E-state index in [9.17, 15) is 14.2 Å². The lowest BCUT2D eigenvalue weighted by molar-refractivity contribution is -0.148. The van der Waals surface area contributed by atoms with Gasteiger partial charge in [0, 0.05) is 42.6 Å². The van der Waals surface area contributed by atoms with Crippen LogP contribution in [0, 0.1) is 6.92 Å². The Balaban J connectivity index is 0.000000423. The Morgan fingerprint density at radius 2 is 1.19 bits per heavy atom. The number of unbranched alkanes of at least 4 members (excludes halogenated alkanes) is 1. The second-order valence-corrected chi connectivity index (χ2v) is 15.7. The second kappa shape index (κ2) is 23.9. The van der Waals surface area contributed by atoms with Crippen molar-refractivity contribution in [2.24, 2.45) is 0 Å². The Bertz CT molecular complexity index is 1970. The van der Waals surface area contributed by atoms with Crippen LogP contribution in [0.3, 0.4) is 0 Å². The van der Waals surface area contributed by atoms with Crippen LogP contribution in [0.4, 0.5) is 0 Å². The molecule has 0 amide bonds. The quantitative estimate of drug-likeness (QED) is 0.0451. The van der Waals surface area contributed by atoms with E-state index in [0.29, 0.717) is 49.3 Å². The fraction of sp³-hybridized carbons (Fsp3) is 0.348. The van der Waals surface area contributed by atoms with Crippen LogP contribution in [-0.4, -0.2) is 76.1 Å². The number of hydrogen-bond acceptors (Lipinski definition) is 10. The summed E-state index contributed by atoms with van der Waals surface area (Å²) >= 11 is 0. The van der Waals surface area contributed by atoms with Crippen LogP contribution < -0.4 is 14.6 Å². The molecule has 0 aromatic heterocycles. The molecule has 4 aromatic rings. The summed E-state index contributed by atoms with van der Waals surface area (Å²) in [5.41, 5.74) is 5.97. The molecule has 5 rings (SSSR count). The van der Waals surface area contributed by atoms with Gasteiger partial charge < -0.3 is 33.3 Å². The molecule has 1 heterocycles. The molecule has 0 saturated carbocycles. The van der Waals surface area contributed by atoms with Gasteiger partial charge in [0.1, 0.15) is 23.7 Å². The number of aryl methyl sites for hydroxylation is 1. The molecule has 1 aliphatic heterocycles. The van der Waals surface area contributed by atoms with Crippen molar-refractivity contribution < 1.29 is 47.5 Å². The standard InChI is InChI=1S/C31H39O8P.C14H14O.CH4O/c1-6-24(37-30(32)22(2)3)19-35-17-11-12-18-36-20-25(38-31(33)23(4)5)21-40(34)29-16-10-8-14-27(29)26-13-7-9-15-28(26)39-40;1-11-7-3-4-8-12(11)13-9-5-6-10-14(13)15-2;1-2/h7-10,13-16,24-25H,2,4,6,11-12,17-21H2,1,3,5H3;3-10H,1-2H3;2H,1H3. The van der Waals surface area contributed by atoms with Crippen molar-refractivity contribution >= 4 is 24.6 Å². The van der Waals surface area contributed by atoms with E-state index in [2.05, 4.69) is 44.3 Å². The van der Waals surface area contributed by atoms with Gasteiger partial charge in [0.2, 0.25) is 0 Å². The monoisotopic (exact) mass is 800 g/mol. The molecule has 4 aromatic carbocycles. The highest BCUT2D eigenvalue weighted by atomic mass is 31.2. The van der Waals surface area contributed by atoms with Crippen LogP contribution >= 0.6 is 7.37 Å². The Hall–Kier alpha value is -4.99. The first kappa shape index (κ1) is 46.4. The van der Waals surface area contributed by atoms with Gasteiger partial charge in [0.05, 0.1) is 31.8 Å². The number of carbonyl (C=O) groups excluding carboxylic acids is 2. The summed E-state index contributed by atoms with van der Waals surface area (Å²) < 4.78 is 48.1. The van der Waals surface area contributed by atoms with Gasteiger partial charge in [-0.3, -0.25) is 4.57 Å². The van der Waals surface area contributed by atoms with Crippen molar-refractivity contribution in [2.45, 2.75) is 59.2 Å². The minimum Gasteiger partial charge on any atom is -0.496 e. The number of para-hydroxylation sites is 2. The summed E-state index contributed by atoms with van der Waals surface area (Å²) in [5, 5.41) is 7.60. The molecule has 11 heteroatoms. The Morgan fingerprint density at radius 1 is 0.702 bits per heavy atom. The Kier molecular flexibility index (Phi) is 19.5. The molecule has 3 atom stereocenters. The number of benzene rings is 4. The molecule has 1 N–H and O–H groups in total. The molecule has 0 aliphatic carbocycles. The lowest BCUT2D eigenvalue weighted by Gasteiger charge is -2.31. The fourth-order valence-electron chi connectivity index (χ4n) is 5.82. The number of methoxy groups -OCH3 is 1. The topological polar surface area (TPSA) is 127 Å². The highest BCUT2D eigenvalue weighted by Crippen LogP contribution is 2.55. The number of ether oxygens (including phenoxy) is 5. The number of fused-ring (bicyclic) bond motifs is 3. The molecule has 0 fully saturated rings. The Labute approximate surface area is 337 Å². The van der Waals surface area contributed by atoms with Crippen molar-refractivity contribution in [3.05, 3.63) is 127 Å². The predicted molar refractivity (Wildman–Crippen MR) is 226 cm³/mol. The zero-order valence-electron chi connectivity index (χ0n) is 34.0. The van der Waals surface area contributed by atoms with E-state index in [1.807, 2.05) is 67.6 Å².